The molecule has 1 N–H and O–H groups in total. The third-order valence-electron chi connectivity index (χ3n) is 3.95. The lowest BCUT2D eigenvalue weighted by atomic mass is 9.90. The fourth-order valence-corrected chi connectivity index (χ4v) is 2.66. The first kappa shape index (κ1) is 13.7. The van der Waals surface area contributed by atoms with Gasteiger partial charge in [0, 0.05) is 25.3 Å². The van der Waals surface area contributed by atoms with Crippen LogP contribution in [-0.2, 0) is 0 Å². The Kier molecular flexibility index (Phi) is 3.70. The van der Waals surface area contributed by atoms with Gasteiger partial charge in [0.05, 0.1) is 10.6 Å². The number of fused-ring (bicyclic) bond motifs is 1. The summed E-state index contributed by atoms with van der Waals surface area (Å²) in [5.74, 6) is 0. The molecule has 21 heavy (non-hydrogen) atoms. The van der Waals surface area contributed by atoms with Crippen molar-refractivity contribution in [2.75, 3.05) is 18.1 Å². The number of aliphatic hydroxyl groups excluding tert-OH is 1. The summed E-state index contributed by atoms with van der Waals surface area (Å²) in [5, 5.41) is 27.6. The molecular weight excluding hydrogens is 276 g/mol. The molecule has 0 radical (unpaired) electrons. The Hall–Kier alpha value is -2.22. The molecule has 8 heteroatoms. The highest BCUT2D eigenvalue weighted by atomic mass is 16.6. The molecule has 112 valence electrons. The Morgan fingerprint density at radius 3 is 2.76 bits per heavy atom. The summed E-state index contributed by atoms with van der Waals surface area (Å²) in [6.45, 7) is 0.789. The zero-order chi connectivity index (χ0) is 14.8. The Bertz CT molecular complexity index is 653. The number of rotatable bonds is 6. The summed E-state index contributed by atoms with van der Waals surface area (Å²) in [5.41, 5.74) is 1.26. The van der Waals surface area contributed by atoms with Gasteiger partial charge in [-0.25, -0.2) is 4.63 Å². The van der Waals surface area contributed by atoms with Gasteiger partial charge in [0.25, 0.3) is 0 Å². The molecular formula is C13H16N4O4. The summed E-state index contributed by atoms with van der Waals surface area (Å²) in [4.78, 5) is 12.7. The van der Waals surface area contributed by atoms with Gasteiger partial charge in [0.1, 0.15) is 0 Å². The summed E-state index contributed by atoms with van der Waals surface area (Å²) >= 11 is 0. The molecule has 0 amide bonds. The lowest BCUT2D eigenvalue weighted by molar-refractivity contribution is -0.383. The first-order valence-electron chi connectivity index (χ1n) is 6.99. The number of nitrogens with zero attached hydrogens (tertiary/aromatic N) is 4. The summed E-state index contributed by atoms with van der Waals surface area (Å²) in [6, 6.07) is 3.52. The third kappa shape index (κ3) is 2.42. The third-order valence-corrected chi connectivity index (χ3v) is 3.95. The number of aromatic nitrogens is 2. The van der Waals surface area contributed by atoms with Crippen LogP contribution in [0, 0.1) is 10.1 Å². The SMILES string of the molecule is O=[N+]([O-])c1ccc(N(CCCO)C2CCC2)c2nonc12. The fourth-order valence-electron chi connectivity index (χ4n) is 2.66. The predicted octanol–water partition coefficient (Wildman–Crippen LogP) is 1.87. The van der Waals surface area contributed by atoms with Crippen molar-refractivity contribution in [2.45, 2.75) is 31.7 Å². The van der Waals surface area contributed by atoms with Crippen LogP contribution in [0.25, 0.3) is 11.0 Å². The minimum atomic E-state index is -0.488. The monoisotopic (exact) mass is 292 g/mol. The summed E-state index contributed by atoms with van der Waals surface area (Å²) < 4.78 is 4.70. The second-order valence-corrected chi connectivity index (χ2v) is 5.18. The number of benzene rings is 1. The highest BCUT2D eigenvalue weighted by molar-refractivity contribution is 5.94. The van der Waals surface area contributed by atoms with Crippen LogP contribution in [0.15, 0.2) is 16.8 Å². The minimum absolute atomic E-state index is 0.106. The molecule has 1 heterocycles. The average molecular weight is 292 g/mol. The van der Waals surface area contributed by atoms with Crippen LogP contribution >= 0.6 is 0 Å². The quantitative estimate of drug-likeness (QED) is 0.640. The van der Waals surface area contributed by atoms with Crippen LogP contribution in [0.3, 0.4) is 0 Å². The standard InChI is InChI=1S/C13H16N4O4/c18-8-2-7-16(9-3-1-4-9)10-5-6-11(17(19)20)13-12(10)14-21-15-13/h5-6,9,18H,1-4,7-8H2. The first-order valence-corrected chi connectivity index (χ1v) is 6.99. The molecule has 1 aromatic carbocycles. The van der Waals surface area contributed by atoms with Crippen LogP contribution in [0.4, 0.5) is 11.4 Å². The molecule has 1 aliphatic carbocycles. The van der Waals surface area contributed by atoms with E-state index in [0.29, 0.717) is 24.5 Å². The van der Waals surface area contributed by atoms with Gasteiger partial charge in [-0.1, -0.05) is 0 Å². The van der Waals surface area contributed by atoms with Crippen molar-refractivity contribution < 1.29 is 14.7 Å². The van der Waals surface area contributed by atoms with Crippen molar-refractivity contribution >= 4 is 22.4 Å². The van der Waals surface area contributed by atoms with Crippen LogP contribution in [0.5, 0.6) is 0 Å². The molecule has 0 unspecified atom stereocenters. The molecule has 1 aliphatic rings. The molecule has 0 spiro atoms. The van der Waals surface area contributed by atoms with E-state index < -0.39 is 4.92 Å². The fraction of sp³-hybridized carbons (Fsp3) is 0.538. The lowest BCUT2D eigenvalue weighted by Crippen LogP contribution is -2.41. The smallest absolute Gasteiger partial charge is 0.300 e. The van der Waals surface area contributed by atoms with Crippen molar-refractivity contribution in [3.05, 3.63) is 22.2 Å². The van der Waals surface area contributed by atoms with E-state index >= 15 is 0 Å². The molecule has 8 nitrogen and oxygen atoms in total. The maximum Gasteiger partial charge on any atom is 0.300 e. The van der Waals surface area contributed by atoms with Crippen molar-refractivity contribution in [2.24, 2.45) is 0 Å². The topological polar surface area (TPSA) is 106 Å². The molecule has 1 saturated carbocycles. The normalized spacial score (nSPS) is 15.1. The molecule has 2 aromatic rings. The lowest BCUT2D eigenvalue weighted by Gasteiger charge is -2.39. The molecule has 3 rings (SSSR count). The number of hydrogen-bond donors (Lipinski definition) is 1. The highest BCUT2D eigenvalue weighted by Crippen LogP contribution is 2.36. The first-order chi connectivity index (χ1) is 10.2. The second kappa shape index (κ2) is 5.65. The van der Waals surface area contributed by atoms with Crippen LogP contribution < -0.4 is 4.90 Å². The van der Waals surface area contributed by atoms with Crippen LogP contribution in [0.1, 0.15) is 25.7 Å². The molecule has 0 saturated heterocycles. The van der Waals surface area contributed by atoms with Crippen molar-refractivity contribution in [1.82, 2.24) is 10.3 Å². The van der Waals surface area contributed by atoms with Gasteiger partial charge in [-0.05, 0) is 42.1 Å². The van der Waals surface area contributed by atoms with E-state index in [1.165, 1.54) is 12.5 Å². The highest BCUT2D eigenvalue weighted by Gasteiger charge is 2.29. The summed E-state index contributed by atoms with van der Waals surface area (Å²) in [7, 11) is 0. The predicted molar refractivity (Wildman–Crippen MR) is 75.1 cm³/mol. The van der Waals surface area contributed by atoms with Gasteiger partial charge < -0.3 is 10.0 Å². The molecule has 0 bridgehead atoms. The largest absolute Gasteiger partial charge is 0.396 e. The number of non-ortho nitro benzene ring substituents is 1. The minimum Gasteiger partial charge on any atom is -0.396 e. The van der Waals surface area contributed by atoms with E-state index in [-0.39, 0.29) is 17.8 Å². The maximum atomic E-state index is 11.0. The van der Waals surface area contributed by atoms with Gasteiger partial charge in [-0.2, -0.15) is 0 Å². The molecule has 0 atom stereocenters. The van der Waals surface area contributed by atoms with Gasteiger partial charge >= 0.3 is 5.69 Å². The van der Waals surface area contributed by atoms with E-state index in [9.17, 15) is 10.1 Å². The maximum absolute atomic E-state index is 11.0. The Morgan fingerprint density at radius 1 is 1.38 bits per heavy atom. The zero-order valence-corrected chi connectivity index (χ0v) is 11.4. The van der Waals surface area contributed by atoms with Gasteiger partial charge in [0.15, 0.2) is 5.52 Å². The Balaban J connectivity index is 2.03. The van der Waals surface area contributed by atoms with Gasteiger partial charge in [0.2, 0.25) is 5.52 Å². The second-order valence-electron chi connectivity index (χ2n) is 5.18. The number of aliphatic hydroxyl groups is 1. The number of nitro groups is 1. The average Bonchev–Trinajstić information content (AvgIpc) is 2.89. The van der Waals surface area contributed by atoms with E-state index in [2.05, 4.69) is 15.2 Å². The Labute approximate surface area is 120 Å². The van der Waals surface area contributed by atoms with E-state index in [0.717, 1.165) is 18.5 Å². The summed E-state index contributed by atoms with van der Waals surface area (Å²) in [6.07, 6.45) is 3.97. The van der Waals surface area contributed by atoms with Crippen molar-refractivity contribution in [1.29, 1.82) is 0 Å². The number of hydrogen-bond acceptors (Lipinski definition) is 7. The molecule has 0 aliphatic heterocycles. The Morgan fingerprint density at radius 2 is 2.14 bits per heavy atom. The molecule has 1 aromatic heterocycles. The van der Waals surface area contributed by atoms with E-state index in [1.807, 2.05) is 0 Å². The van der Waals surface area contributed by atoms with Crippen molar-refractivity contribution in [3.63, 3.8) is 0 Å². The van der Waals surface area contributed by atoms with Crippen LogP contribution in [-0.4, -0.2) is 39.5 Å². The van der Waals surface area contributed by atoms with Crippen LogP contribution in [0.2, 0.25) is 0 Å². The van der Waals surface area contributed by atoms with Crippen molar-refractivity contribution in [3.8, 4) is 0 Å². The number of anilines is 1. The molecule has 1 fully saturated rings. The number of nitro benzene ring substituents is 1. The van der Waals surface area contributed by atoms with Gasteiger partial charge in [-0.15, -0.1) is 0 Å². The van der Waals surface area contributed by atoms with Gasteiger partial charge in [-0.3, -0.25) is 10.1 Å². The van der Waals surface area contributed by atoms with E-state index in [4.69, 9.17) is 9.74 Å². The van der Waals surface area contributed by atoms with E-state index in [1.54, 1.807) is 6.07 Å². The zero-order valence-electron chi connectivity index (χ0n) is 11.4.